The van der Waals surface area contributed by atoms with E-state index >= 15 is 0 Å². The summed E-state index contributed by atoms with van der Waals surface area (Å²) in [5.41, 5.74) is 0. The van der Waals surface area contributed by atoms with Crippen LogP contribution in [-0.2, 0) is 4.74 Å². The monoisotopic (exact) mass is 237 g/mol. The normalized spacial score (nSPS) is 31.4. The molecule has 2 fully saturated rings. The number of furan rings is 1. The van der Waals surface area contributed by atoms with E-state index in [9.17, 15) is 5.11 Å². The van der Waals surface area contributed by atoms with Crippen molar-refractivity contribution < 1.29 is 14.3 Å². The van der Waals surface area contributed by atoms with Crippen LogP contribution in [0.2, 0.25) is 0 Å². The van der Waals surface area contributed by atoms with Crippen molar-refractivity contribution >= 4 is 0 Å². The molecule has 3 rings (SSSR count). The summed E-state index contributed by atoms with van der Waals surface area (Å²) in [5.74, 6) is 0.854. The third kappa shape index (κ3) is 2.12. The zero-order valence-corrected chi connectivity index (χ0v) is 9.92. The molecule has 1 aliphatic heterocycles. The molecule has 4 nitrogen and oxygen atoms in total. The molecule has 2 heterocycles. The van der Waals surface area contributed by atoms with Crippen molar-refractivity contribution in [2.24, 2.45) is 0 Å². The number of aliphatic hydroxyl groups excluding tert-OH is 1. The van der Waals surface area contributed by atoms with E-state index < -0.39 is 0 Å². The van der Waals surface area contributed by atoms with Gasteiger partial charge in [-0.2, -0.15) is 0 Å². The predicted molar refractivity (Wildman–Crippen MR) is 62.4 cm³/mol. The first-order chi connectivity index (χ1) is 8.38. The van der Waals surface area contributed by atoms with Crippen LogP contribution in [0.25, 0.3) is 0 Å². The van der Waals surface area contributed by atoms with E-state index in [1.165, 1.54) is 25.7 Å². The first-order valence-corrected chi connectivity index (χ1v) is 6.44. The van der Waals surface area contributed by atoms with Gasteiger partial charge in [0.05, 0.1) is 19.0 Å². The third-order valence-corrected chi connectivity index (χ3v) is 3.82. The Morgan fingerprint density at radius 1 is 1.35 bits per heavy atom. The van der Waals surface area contributed by atoms with Gasteiger partial charge in [0, 0.05) is 12.6 Å². The Bertz CT molecular complexity index is 346. The van der Waals surface area contributed by atoms with Crippen LogP contribution >= 0.6 is 0 Å². The Morgan fingerprint density at radius 3 is 2.82 bits per heavy atom. The molecular weight excluding hydrogens is 218 g/mol. The highest BCUT2D eigenvalue weighted by Crippen LogP contribution is 2.37. The van der Waals surface area contributed by atoms with Gasteiger partial charge < -0.3 is 14.3 Å². The molecular formula is C13H19NO3. The van der Waals surface area contributed by atoms with Crippen molar-refractivity contribution in [3.05, 3.63) is 24.2 Å². The van der Waals surface area contributed by atoms with E-state index in [0.717, 1.165) is 12.3 Å². The number of nitrogens with zero attached hydrogens (tertiary/aromatic N) is 1. The first-order valence-electron chi connectivity index (χ1n) is 6.44. The van der Waals surface area contributed by atoms with Crippen molar-refractivity contribution in [2.75, 3.05) is 13.2 Å². The van der Waals surface area contributed by atoms with Crippen molar-refractivity contribution in [1.82, 2.24) is 4.90 Å². The van der Waals surface area contributed by atoms with Crippen molar-refractivity contribution in [3.63, 3.8) is 0 Å². The van der Waals surface area contributed by atoms with E-state index in [2.05, 4.69) is 4.90 Å². The maximum atomic E-state index is 9.26. The highest BCUT2D eigenvalue weighted by molar-refractivity contribution is 5.05. The van der Waals surface area contributed by atoms with Gasteiger partial charge in [-0.15, -0.1) is 0 Å². The van der Waals surface area contributed by atoms with Crippen molar-refractivity contribution in [2.45, 2.75) is 44.1 Å². The molecule has 4 heteroatoms. The molecule has 0 spiro atoms. The molecule has 2 unspecified atom stereocenters. The third-order valence-electron chi connectivity index (χ3n) is 3.82. The molecule has 0 amide bonds. The second-order valence-corrected chi connectivity index (χ2v) is 4.94. The fraction of sp³-hybridized carbons (Fsp3) is 0.692. The van der Waals surface area contributed by atoms with Crippen molar-refractivity contribution in [3.8, 4) is 0 Å². The topological polar surface area (TPSA) is 45.8 Å². The minimum atomic E-state index is -0.106. The Kier molecular flexibility index (Phi) is 3.18. The minimum absolute atomic E-state index is 0.0781. The largest absolute Gasteiger partial charge is 0.465 e. The van der Waals surface area contributed by atoms with Crippen LogP contribution in [0.15, 0.2) is 22.8 Å². The number of ether oxygens (including phenoxy) is 1. The van der Waals surface area contributed by atoms with E-state index in [1.54, 1.807) is 6.26 Å². The van der Waals surface area contributed by atoms with Gasteiger partial charge in [0.25, 0.3) is 0 Å². The summed E-state index contributed by atoms with van der Waals surface area (Å²) < 4.78 is 11.3. The average Bonchev–Trinajstić information content (AvgIpc) is 3.09. The number of aliphatic hydroxyl groups is 1. The summed E-state index contributed by atoms with van der Waals surface area (Å²) in [7, 11) is 0. The van der Waals surface area contributed by atoms with Crippen LogP contribution < -0.4 is 0 Å². The Balaban J connectivity index is 1.78. The predicted octanol–water partition coefficient (Wildman–Crippen LogP) is 1.91. The maximum absolute atomic E-state index is 9.26. The fourth-order valence-electron chi connectivity index (χ4n) is 2.97. The van der Waals surface area contributed by atoms with Crippen molar-refractivity contribution in [1.29, 1.82) is 0 Å². The standard InChI is InChI=1S/C13H19NO3/c15-9-11-8-14(10-4-1-2-5-10)13(17-11)12-6-3-7-16-12/h3,6-7,10-11,13,15H,1-2,4-5,8-9H2. The van der Waals surface area contributed by atoms with Crippen LogP contribution in [0.1, 0.15) is 37.7 Å². The van der Waals surface area contributed by atoms with Gasteiger partial charge in [-0.25, -0.2) is 0 Å². The van der Waals surface area contributed by atoms with Gasteiger partial charge in [0.1, 0.15) is 5.76 Å². The smallest absolute Gasteiger partial charge is 0.170 e. The fourth-order valence-corrected chi connectivity index (χ4v) is 2.97. The zero-order valence-electron chi connectivity index (χ0n) is 9.92. The van der Waals surface area contributed by atoms with Gasteiger partial charge in [-0.1, -0.05) is 12.8 Å². The molecule has 1 aliphatic carbocycles. The minimum Gasteiger partial charge on any atom is -0.465 e. The van der Waals surface area contributed by atoms with Gasteiger partial charge >= 0.3 is 0 Å². The van der Waals surface area contributed by atoms with Gasteiger partial charge in [0.15, 0.2) is 6.23 Å². The first kappa shape index (κ1) is 11.3. The summed E-state index contributed by atoms with van der Waals surface area (Å²) in [6, 6.07) is 4.42. The number of hydrogen-bond acceptors (Lipinski definition) is 4. The maximum Gasteiger partial charge on any atom is 0.170 e. The van der Waals surface area contributed by atoms with E-state index in [0.29, 0.717) is 6.04 Å². The molecule has 0 aromatic carbocycles. The molecule has 1 aromatic rings. The Hall–Kier alpha value is -0.840. The van der Waals surface area contributed by atoms with Crippen LogP contribution in [-0.4, -0.2) is 35.3 Å². The Labute approximate surface area is 101 Å². The molecule has 0 bridgehead atoms. The lowest BCUT2D eigenvalue weighted by Crippen LogP contribution is -2.34. The molecule has 0 radical (unpaired) electrons. The average molecular weight is 237 g/mol. The van der Waals surface area contributed by atoms with Crippen LogP contribution in [0.3, 0.4) is 0 Å². The molecule has 1 saturated heterocycles. The lowest BCUT2D eigenvalue weighted by molar-refractivity contribution is -0.0414. The van der Waals surface area contributed by atoms with Crippen LogP contribution in [0, 0.1) is 0 Å². The summed E-state index contributed by atoms with van der Waals surface area (Å²) in [4.78, 5) is 2.35. The SMILES string of the molecule is OCC1CN(C2CCCC2)C(c2ccco2)O1. The van der Waals surface area contributed by atoms with Gasteiger partial charge in [-0.3, -0.25) is 4.90 Å². The molecule has 2 atom stereocenters. The molecule has 1 aromatic heterocycles. The summed E-state index contributed by atoms with van der Waals surface area (Å²) in [5, 5.41) is 9.26. The zero-order chi connectivity index (χ0) is 11.7. The van der Waals surface area contributed by atoms with Gasteiger partial charge in [0.2, 0.25) is 0 Å². The quantitative estimate of drug-likeness (QED) is 0.872. The highest BCUT2D eigenvalue weighted by atomic mass is 16.5. The van der Waals surface area contributed by atoms with Gasteiger partial charge in [-0.05, 0) is 25.0 Å². The summed E-state index contributed by atoms with van der Waals surface area (Å²) in [6.07, 6.45) is 6.57. The highest BCUT2D eigenvalue weighted by Gasteiger charge is 2.39. The summed E-state index contributed by atoms with van der Waals surface area (Å²) >= 11 is 0. The van der Waals surface area contributed by atoms with Crippen LogP contribution in [0.5, 0.6) is 0 Å². The molecule has 2 aliphatic rings. The second-order valence-electron chi connectivity index (χ2n) is 4.94. The van der Waals surface area contributed by atoms with Crippen LogP contribution in [0.4, 0.5) is 0 Å². The molecule has 17 heavy (non-hydrogen) atoms. The second kappa shape index (κ2) is 4.80. The van der Waals surface area contributed by atoms with E-state index in [1.807, 2.05) is 12.1 Å². The number of hydrogen-bond donors (Lipinski definition) is 1. The lowest BCUT2D eigenvalue weighted by atomic mass is 10.2. The van der Waals surface area contributed by atoms with E-state index in [4.69, 9.17) is 9.15 Å². The summed E-state index contributed by atoms with van der Waals surface area (Å²) in [6.45, 7) is 0.896. The lowest BCUT2D eigenvalue weighted by Gasteiger charge is -2.27. The number of rotatable bonds is 3. The Morgan fingerprint density at radius 2 is 2.18 bits per heavy atom. The van der Waals surface area contributed by atoms with E-state index in [-0.39, 0.29) is 18.9 Å². The molecule has 94 valence electrons. The molecule has 1 N–H and O–H groups in total. The molecule has 1 saturated carbocycles.